The molecule has 18 heavy (non-hydrogen) atoms. The predicted molar refractivity (Wildman–Crippen MR) is 67.0 cm³/mol. The zero-order valence-corrected chi connectivity index (χ0v) is 11.5. The third-order valence-corrected chi connectivity index (χ3v) is 4.47. The van der Waals surface area contributed by atoms with Crippen LogP contribution in [0.3, 0.4) is 0 Å². The number of pyridine rings is 1. The van der Waals surface area contributed by atoms with Gasteiger partial charge in [-0.1, -0.05) is 0 Å². The fourth-order valence-electron chi connectivity index (χ4n) is 1.14. The Hall–Kier alpha value is -1.03. The Bertz CT molecular complexity index is 593. The molecule has 0 fully saturated rings. The van der Waals surface area contributed by atoms with Crippen molar-refractivity contribution in [1.29, 1.82) is 0 Å². The molecule has 0 radical (unpaired) electrons. The molecule has 1 rings (SSSR count). The van der Waals surface area contributed by atoms with Crippen LogP contribution in [-0.4, -0.2) is 40.4 Å². The number of nitrogens with one attached hydrogen (secondary N) is 1. The van der Waals surface area contributed by atoms with Gasteiger partial charge in [0, 0.05) is 25.5 Å². The molecule has 0 amide bonds. The summed E-state index contributed by atoms with van der Waals surface area (Å²) in [6, 6.07) is 2.88. The van der Waals surface area contributed by atoms with Crippen molar-refractivity contribution in [3.8, 4) is 0 Å². The van der Waals surface area contributed by atoms with Crippen molar-refractivity contribution in [2.24, 2.45) is 5.73 Å². The molecule has 0 aliphatic rings. The van der Waals surface area contributed by atoms with Gasteiger partial charge in [0.15, 0.2) is 0 Å². The molecular weight excluding hydrogens is 278 g/mol. The summed E-state index contributed by atoms with van der Waals surface area (Å²) in [5, 5.41) is 0. The Labute approximate surface area is 106 Å². The van der Waals surface area contributed by atoms with Gasteiger partial charge < -0.3 is 5.73 Å². The minimum absolute atomic E-state index is 0.0202. The SMILES string of the molecule is CS(=O)(=O)CCNS(=O)(=O)c1ccc(CN)nc1. The lowest BCUT2D eigenvalue weighted by Crippen LogP contribution is -2.29. The van der Waals surface area contributed by atoms with Crippen molar-refractivity contribution in [2.75, 3.05) is 18.6 Å². The molecule has 0 aromatic carbocycles. The number of sulfonamides is 1. The topological polar surface area (TPSA) is 119 Å². The highest BCUT2D eigenvalue weighted by atomic mass is 32.2. The molecule has 0 atom stereocenters. The molecule has 0 bridgehead atoms. The molecule has 1 aromatic rings. The first-order chi connectivity index (χ1) is 8.24. The van der Waals surface area contributed by atoms with E-state index in [1.165, 1.54) is 18.3 Å². The first-order valence-electron chi connectivity index (χ1n) is 5.07. The number of hydrogen-bond donors (Lipinski definition) is 2. The first kappa shape index (κ1) is 15.0. The molecule has 7 nitrogen and oxygen atoms in total. The van der Waals surface area contributed by atoms with Gasteiger partial charge in [0.1, 0.15) is 14.7 Å². The highest BCUT2D eigenvalue weighted by Crippen LogP contribution is 2.07. The van der Waals surface area contributed by atoms with E-state index in [0.717, 1.165) is 6.26 Å². The predicted octanol–water partition coefficient (Wildman–Crippen LogP) is -1.14. The second-order valence-electron chi connectivity index (χ2n) is 3.72. The van der Waals surface area contributed by atoms with Gasteiger partial charge in [0.05, 0.1) is 11.4 Å². The minimum atomic E-state index is -3.73. The van der Waals surface area contributed by atoms with Gasteiger partial charge in [0.25, 0.3) is 0 Å². The normalized spacial score (nSPS) is 12.6. The van der Waals surface area contributed by atoms with E-state index < -0.39 is 19.9 Å². The fourth-order valence-corrected chi connectivity index (χ4v) is 2.71. The van der Waals surface area contributed by atoms with Crippen LogP contribution in [0.15, 0.2) is 23.2 Å². The van der Waals surface area contributed by atoms with E-state index in [4.69, 9.17) is 5.73 Å². The third kappa shape index (κ3) is 4.69. The van der Waals surface area contributed by atoms with Crippen molar-refractivity contribution in [1.82, 2.24) is 9.71 Å². The third-order valence-electron chi connectivity index (χ3n) is 2.08. The lowest BCUT2D eigenvalue weighted by molar-refractivity contribution is 0.581. The van der Waals surface area contributed by atoms with E-state index >= 15 is 0 Å². The van der Waals surface area contributed by atoms with Crippen LogP contribution in [0.2, 0.25) is 0 Å². The Morgan fingerprint density at radius 3 is 2.39 bits per heavy atom. The van der Waals surface area contributed by atoms with Crippen LogP contribution in [0.1, 0.15) is 5.69 Å². The van der Waals surface area contributed by atoms with Crippen LogP contribution in [0.4, 0.5) is 0 Å². The maximum Gasteiger partial charge on any atom is 0.242 e. The Morgan fingerprint density at radius 2 is 1.94 bits per heavy atom. The zero-order valence-electron chi connectivity index (χ0n) is 9.83. The molecule has 3 N–H and O–H groups in total. The molecule has 0 spiro atoms. The van der Waals surface area contributed by atoms with Gasteiger partial charge in [-0.2, -0.15) is 0 Å². The summed E-state index contributed by atoms with van der Waals surface area (Å²) in [5.41, 5.74) is 5.92. The Morgan fingerprint density at radius 1 is 1.28 bits per heavy atom. The van der Waals surface area contributed by atoms with Gasteiger partial charge in [0.2, 0.25) is 10.0 Å². The van der Waals surface area contributed by atoms with Crippen LogP contribution in [-0.2, 0) is 26.4 Å². The number of hydrogen-bond acceptors (Lipinski definition) is 6. The van der Waals surface area contributed by atoms with Crippen molar-refractivity contribution in [3.63, 3.8) is 0 Å². The summed E-state index contributed by atoms with van der Waals surface area (Å²) < 4.78 is 47.4. The van der Waals surface area contributed by atoms with E-state index in [9.17, 15) is 16.8 Å². The maximum atomic E-state index is 11.7. The summed E-state index contributed by atoms with van der Waals surface area (Å²) in [7, 11) is -6.92. The molecule has 102 valence electrons. The van der Waals surface area contributed by atoms with Crippen LogP contribution in [0.25, 0.3) is 0 Å². The number of nitrogens with two attached hydrogens (primary N) is 1. The summed E-state index contributed by atoms with van der Waals surface area (Å²) >= 11 is 0. The Kier molecular flexibility index (Phi) is 4.79. The largest absolute Gasteiger partial charge is 0.325 e. The van der Waals surface area contributed by atoms with Gasteiger partial charge in [-0.05, 0) is 12.1 Å². The Balaban J connectivity index is 2.74. The van der Waals surface area contributed by atoms with Gasteiger partial charge in [-0.15, -0.1) is 0 Å². The van der Waals surface area contributed by atoms with E-state index in [-0.39, 0.29) is 23.7 Å². The van der Waals surface area contributed by atoms with Gasteiger partial charge >= 0.3 is 0 Å². The number of aromatic nitrogens is 1. The standard InChI is InChI=1S/C9H15N3O4S2/c1-17(13,14)5-4-12-18(15,16)9-3-2-8(6-10)11-7-9/h2-3,7,12H,4-6,10H2,1H3. The van der Waals surface area contributed by atoms with Crippen LogP contribution in [0, 0.1) is 0 Å². The van der Waals surface area contributed by atoms with Gasteiger partial charge in [-0.3, -0.25) is 4.98 Å². The molecule has 0 saturated heterocycles. The average Bonchev–Trinajstić information content (AvgIpc) is 2.27. The molecule has 0 unspecified atom stereocenters. The minimum Gasteiger partial charge on any atom is -0.325 e. The van der Waals surface area contributed by atoms with Crippen LogP contribution >= 0.6 is 0 Å². The lowest BCUT2D eigenvalue weighted by atomic mass is 10.4. The second-order valence-corrected chi connectivity index (χ2v) is 7.74. The van der Waals surface area contributed by atoms with E-state index in [1.54, 1.807) is 0 Å². The van der Waals surface area contributed by atoms with E-state index in [0.29, 0.717) is 5.69 Å². The van der Waals surface area contributed by atoms with Crippen molar-refractivity contribution < 1.29 is 16.8 Å². The van der Waals surface area contributed by atoms with Crippen molar-refractivity contribution in [2.45, 2.75) is 11.4 Å². The molecule has 1 aromatic heterocycles. The second kappa shape index (κ2) is 5.74. The molecular formula is C9H15N3O4S2. The van der Waals surface area contributed by atoms with Crippen molar-refractivity contribution >= 4 is 19.9 Å². The van der Waals surface area contributed by atoms with Crippen LogP contribution < -0.4 is 10.5 Å². The molecule has 0 aliphatic carbocycles. The monoisotopic (exact) mass is 293 g/mol. The number of rotatable bonds is 6. The summed E-state index contributed by atoms with van der Waals surface area (Å²) in [6.45, 7) is 0.0572. The van der Waals surface area contributed by atoms with E-state index in [1.807, 2.05) is 0 Å². The highest BCUT2D eigenvalue weighted by molar-refractivity contribution is 7.91. The average molecular weight is 293 g/mol. The maximum absolute atomic E-state index is 11.7. The molecule has 0 aliphatic heterocycles. The van der Waals surface area contributed by atoms with Crippen molar-refractivity contribution in [3.05, 3.63) is 24.0 Å². The number of sulfone groups is 1. The fraction of sp³-hybridized carbons (Fsp3) is 0.444. The van der Waals surface area contributed by atoms with E-state index in [2.05, 4.69) is 9.71 Å². The summed E-state index contributed by atoms with van der Waals surface area (Å²) in [5.74, 6) is -0.249. The first-order valence-corrected chi connectivity index (χ1v) is 8.61. The quantitative estimate of drug-likeness (QED) is 0.684. The molecule has 9 heteroatoms. The highest BCUT2D eigenvalue weighted by Gasteiger charge is 2.14. The van der Waals surface area contributed by atoms with Crippen LogP contribution in [0.5, 0.6) is 0 Å². The smallest absolute Gasteiger partial charge is 0.242 e. The summed E-state index contributed by atoms with van der Waals surface area (Å²) in [4.78, 5) is 3.84. The lowest BCUT2D eigenvalue weighted by Gasteiger charge is -2.06. The summed E-state index contributed by atoms with van der Waals surface area (Å²) in [6.07, 6.45) is 2.23. The zero-order chi connectivity index (χ0) is 13.8. The van der Waals surface area contributed by atoms with Gasteiger partial charge in [-0.25, -0.2) is 21.6 Å². The molecule has 1 heterocycles. The number of nitrogens with zero attached hydrogens (tertiary/aromatic N) is 1. The molecule has 0 saturated carbocycles.